The highest BCUT2D eigenvalue weighted by Gasteiger charge is 2.10. The van der Waals surface area contributed by atoms with E-state index in [-0.39, 0.29) is 6.03 Å². The van der Waals surface area contributed by atoms with Gasteiger partial charge in [-0.05, 0) is 30.3 Å². The fourth-order valence-electron chi connectivity index (χ4n) is 2.77. The molecule has 0 aliphatic carbocycles. The Morgan fingerprint density at radius 1 is 1.04 bits per heavy atom. The molecule has 2 heterocycles. The standard InChI is InChI=1S/C19H15ClN6O/c20-13-4-2-6-15(10-13)25-19(27)24-14-5-1-3-12(9-14)16-11-23-18-17(21)22-7-8-26(16)18/h1-11H,(H2,21,22)(H2,24,25,27). The minimum absolute atomic E-state index is 0.360. The molecular formula is C19H15ClN6O. The van der Waals surface area contributed by atoms with Gasteiger partial charge < -0.3 is 16.4 Å². The molecule has 0 unspecified atom stereocenters. The van der Waals surface area contributed by atoms with Crippen LogP contribution in [0.2, 0.25) is 5.02 Å². The van der Waals surface area contributed by atoms with Crippen LogP contribution in [0.1, 0.15) is 0 Å². The highest BCUT2D eigenvalue weighted by Crippen LogP contribution is 2.25. The molecule has 0 fully saturated rings. The number of rotatable bonds is 3. The molecule has 0 saturated heterocycles. The van der Waals surface area contributed by atoms with Crippen molar-refractivity contribution < 1.29 is 4.79 Å². The quantitative estimate of drug-likeness (QED) is 0.495. The molecule has 8 heteroatoms. The van der Waals surface area contributed by atoms with Crippen LogP contribution in [0.25, 0.3) is 16.9 Å². The zero-order chi connectivity index (χ0) is 18.8. The van der Waals surface area contributed by atoms with E-state index in [0.29, 0.717) is 27.9 Å². The van der Waals surface area contributed by atoms with Gasteiger partial charge in [-0.3, -0.25) is 4.40 Å². The van der Waals surface area contributed by atoms with Gasteiger partial charge in [0.2, 0.25) is 0 Å². The minimum atomic E-state index is -0.360. The lowest BCUT2D eigenvalue weighted by atomic mass is 10.1. The number of nitrogens with zero attached hydrogens (tertiary/aromatic N) is 3. The monoisotopic (exact) mass is 378 g/mol. The second-order valence-corrected chi connectivity index (χ2v) is 6.26. The highest BCUT2D eigenvalue weighted by atomic mass is 35.5. The van der Waals surface area contributed by atoms with Crippen LogP contribution >= 0.6 is 11.6 Å². The molecule has 0 aliphatic heterocycles. The number of hydrogen-bond acceptors (Lipinski definition) is 4. The molecule has 0 spiro atoms. The Morgan fingerprint density at radius 2 is 1.78 bits per heavy atom. The lowest BCUT2D eigenvalue weighted by Crippen LogP contribution is -2.19. The predicted octanol–water partition coefficient (Wildman–Crippen LogP) is 4.28. The van der Waals surface area contributed by atoms with Crippen molar-refractivity contribution >= 4 is 40.5 Å². The lowest BCUT2D eigenvalue weighted by molar-refractivity contribution is 0.262. The molecule has 2 aromatic heterocycles. The molecule has 0 bridgehead atoms. The van der Waals surface area contributed by atoms with Crippen LogP contribution in [-0.4, -0.2) is 20.4 Å². The number of nitrogen functional groups attached to an aromatic ring is 1. The first-order valence-corrected chi connectivity index (χ1v) is 8.49. The van der Waals surface area contributed by atoms with Crippen molar-refractivity contribution in [3.63, 3.8) is 0 Å². The molecule has 0 aliphatic rings. The number of fused-ring (bicyclic) bond motifs is 1. The molecule has 0 saturated carbocycles. The third-order valence-electron chi connectivity index (χ3n) is 3.95. The van der Waals surface area contributed by atoms with E-state index in [4.69, 9.17) is 17.3 Å². The summed E-state index contributed by atoms with van der Waals surface area (Å²) >= 11 is 5.93. The maximum absolute atomic E-state index is 12.2. The topological polar surface area (TPSA) is 97.3 Å². The van der Waals surface area contributed by atoms with Crippen LogP contribution in [0.15, 0.2) is 67.1 Å². The van der Waals surface area contributed by atoms with E-state index in [9.17, 15) is 4.79 Å². The average molecular weight is 379 g/mol. The van der Waals surface area contributed by atoms with Crippen molar-refractivity contribution in [2.45, 2.75) is 0 Å². The van der Waals surface area contributed by atoms with Gasteiger partial charge >= 0.3 is 6.03 Å². The smallest absolute Gasteiger partial charge is 0.323 e. The van der Waals surface area contributed by atoms with Crippen LogP contribution in [-0.2, 0) is 0 Å². The Hall–Kier alpha value is -3.58. The van der Waals surface area contributed by atoms with E-state index in [1.807, 2.05) is 22.6 Å². The highest BCUT2D eigenvalue weighted by molar-refractivity contribution is 6.30. The number of aromatic nitrogens is 3. The van der Waals surface area contributed by atoms with Crippen molar-refractivity contribution in [1.29, 1.82) is 0 Å². The molecular weight excluding hydrogens is 364 g/mol. The fourth-order valence-corrected chi connectivity index (χ4v) is 2.96. The third kappa shape index (κ3) is 3.54. The summed E-state index contributed by atoms with van der Waals surface area (Å²) in [5.74, 6) is 0.360. The summed E-state index contributed by atoms with van der Waals surface area (Å²) in [6.45, 7) is 0. The molecule has 7 nitrogen and oxygen atoms in total. The van der Waals surface area contributed by atoms with Crippen molar-refractivity contribution in [3.05, 3.63) is 72.1 Å². The van der Waals surface area contributed by atoms with Gasteiger partial charge in [-0.15, -0.1) is 0 Å². The number of benzene rings is 2. The Morgan fingerprint density at radius 3 is 2.56 bits per heavy atom. The van der Waals surface area contributed by atoms with Crippen LogP contribution in [0.3, 0.4) is 0 Å². The summed E-state index contributed by atoms with van der Waals surface area (Å²) in [7, 11) is 0. The van der Waals surface area contributed by atoms with Gasteiger partial charge in [-0.1, -0.05) is 29.8 Å². The summed E-state index contributed by atoms with van der Waals surface area (Å²) < 4.78 is 1.85. The van der Waals surface area contributed by atoms with Crippen molar-refractivity contribution in [3.8, 4) is 11.3 Å². The zero-order valence-electron chi connectivity index (χ0n) is 14.1. The first-order valence-electron chi connectivity index (χ1n) is 8.12. The number of nitrogens with two attached hydrogens (primary N) is 1. The second-order valence-electron chi connectivity index (χ2n) is 5.82. The normalized spacial score (nSPS) is 10.7. The van der Waals surface area contributed by atoms with Gasteiger partial charge in [0.15, 0.2) is 11.5 Å². The van der Waals surface area contributed by atoms with E-state index in [1.54, 1.807) is 48.9 Å². The first-order chi connectivity index (χ1) is 13.1. The summed E-state index contributed by atoms with van der Waals surface area (Å²) in [5, 5.41) is 6.11. The third-order valence-corrected chi connectivity index (χ3v) is 4.19. The van der Waals surface area contributed by atoms with Crippen LogP contribution in [0.4, 0.5) is 22.0 Å². The molecule has 2 aromatic carbocycles. The van der Waals surface area contributed by atoms with E-state index < -0.39 is 0 Å². The van der Waals surface area contributed by atoms with Crippen molar-refractivity contribution in [2.75, 3.05) is 16.4 Å². The minimum Gasteiger partial charge on any atom is -0.381 e. The maximum Gasteiger partial charge on any atom is 0.323 e. The van der Waals surface area contributed by atoms with Crippen LogP contribution < -0.4 is 16.4 Å². The first kappa shape index (κ1) is 16.9. The predicted molar refractivity (Wildman–Crippen MR) is 107 cm³/mol. The van der Waals surface area contributed by atoms with Gasteiger partial charge in [0.1, 0.15) is 0 Å². The molecule has 4 aromatic rings. The molecule has 4 N–H and O–H groups in total. The molecule has 0 atom stereocenters. The van der Waals surface area contributed by atoms with Crippen molar-refractivity contribution in [1.82, 2.24) is 14.4 Å². The van der Waals surface area contributed by atoms with Gasteiger partial charge in [0.05, 0.1) is 11.9 Å². The maximum atomic E-state index is 12.2. The Bertz CT molecular complexity index is 1140. The van der Waals surface area contributed by atoms with Crippen molar-refractivity contribution in [2.24, 2.45) is 0 Å². The van der Waals surface area contributed by atoms with Crippen LogP contribution in [0.5, 0.6) is 0 Å². The number of urea groups is 1. The molecule has 134 valence electrons. The van der Waals surface area contributed by atoms with Gasteiger partial charge in [0.25, 0.3) is 0 Å². The number of imidazole rings is 1. The van der Waals surface area contributed by atoms with E-state index in [0.717, 1.165) is 11.3 Å². The average Bonchev–Trinajstić information content (AvgIpc) is 3.07. The number of carbonyl (C=O) groups excluding carboxylic acids is 1. The number of amides is 2. The summed E-state index contributed by atoms with van der Waals surface area (Å²) in [5.41, 5.74) is 9.43. The Labute approximate surface area is 159 Å². The molecule has 0 radical (unpaired) electrons. The summed E-state index contributed by atoms with van der Waals surface area (Å²) in [4.78, 5) is 20.6. The van der Waals surface area contributed by atoms with Gasteiger partial charge in [-0.2, -0.15) is 0 Å². The zero-order valence-corrected chi connectivity index (χ0v) is 14.8. The molecule has 2 amide bonds. The fraction of sp³-hybridized carbons (Fsp3) is 0. The lowest BCUT2D eigenvalue weighted by Gasteiger charge is -2.09. The molecule has 27 heavy (non-hydrogen) atoms. The number of anilines is 3. The second kappa shape index (κ2) is 6.97. The Kier molecular flexibility index (Phi) is 4.35. The number of carbonyl (C=O) groups is 1. The van der Waals surface area contributed by atoms with E-state index in [2.05, 4.69) is 20.6 Å². The number of nitrogens with one attached hydrogen (secondary N) is 2. The Balaban J connectivity index is 1.57. The number of hydrogen-bond donors (Lipinski definition) is 3. The molecule has 4 rings (SSSR count). The van der Waals surface area contributed by atoms with Gasteiger partial charge in [-0.25, -0.2) is 14.8 Å². The largest absolute Gasteiger partial charge is 0.381 e. The summed E-state index contributed by atoms with van der Waals surface area (Å²) in [6, 6.07) is 14.0. The van der Waals surface area contributed by atoms with Crippen LogP contribution in [0, 0.1) is 0 Å². The van der Waals surface area contributed by atoms with Gasteiger partial charge in [0, 0.05) is 34.4 Å². The number of halogens is 1. The van der Waals surface area contributed by atoms with E-state index in [1.165, 1.54) is 0 Å². The van der Waals surface area contributed by atoms with E-state index >= 15 is 0 Å². The summed E-state index contributed by atoms with van der Waals surface area (Å²) in [6.07, 6.45) is 5.13. The SMILES string of the molecule is Nc1nccn2c(-c3cccc(NC(=O)Nc4cccc(Cl)c4)c3)cnc12.